The van der Waals surface area contributed by atoms with Gasteiger partial charge in [-0.25, -0.2) is 0 Å². The lowest BCUT2D eigenvalue weighted by atomic mass is 9.84. The number of nitrogens with one attached hydrogen (secondary N) is 1. The number of ether oxygens (including phenoxy) is 1. The molecule has 0 bridgehead atoms. The van der Waals surface area contributed by atoms with Crippen molar-refractivity contribution in [3.05, 3.63) is 0 Å². The van der Waals surface area contributed by atoms with Crippen LogP contribution in [-0.4, -0.2) is 72.6 Å². The van der Waals surface area contributed by atoms with Gasteiger partial charge >= 0.3 is 0 Å². The van der Waals surface area contributed by atoms with E-state index in [2.05, 4.69) is 31.0 Å². The molecule has 3 aliphatic rings. The molecule has 0 aromatic heterocycles. The van der Waals surface area contributed by atoms with Gasteiger partial charge < -0.3 is 15.0 Å². The quantitative estimate of drug-likeness (QED) is 0.752. The highest BCUT2D eigenvalue weighted by Gasteiger charge is 2.51. The second kappa shape index (κ2) is 8.70. The van der Waals surface area contributed by atoms with Crippen LogP contribution in [0.25, 0.3) is 0 Å². The lowest BCUT2D eigenvalue weighted by Gasteiger charge is -2.30. The van der Waals surface area contributed by atoms with Crippen LogP contribution in [-0.2, 0) is 14.3 Å². The van der Waals surface area contributed by atoms with E-state index in [0.717, 1.165) is 39.0 Å². The van der Waals surface area contributed by atoms with Gasteiger partial charge in [-0.3, -0.25) is 14.5 Å². The van der Waals surface area contributed by atoms with Crippen LogP contribution in [0.4, 0.5) is 0 Å². The van der Waals surface area contributed by atoms with Gasteiger partial charge in [0, 0.05) is 50.6 Å². The Labute approximate surface area is 170 Å². The zero-order valence-electron chi connectivity index (χ0n) is 18.4. The number of hydrogen-bond acceptors (Lipinski definition) is 4. The number of carbonyl (C=O) groups is 2. The number of fused-ring (bicyclic) bond motifs is 1. The minimum atomic E-state index is -0.0556. The summed E-state index contributed by atoms with van der Waals surface area (Å²) in [5.74, 6) is 0.868. The average molecular weight is 394 g/mol. The van der Waals surface area contributed by atoms with Gasteiger partial charge in [-0.15, -0.1) is 0 Å². The highest BCUT2D eigenvalue weighted by atomic mass is 16.5. The minimum absolute atomic E-state index is 0.0556. The fourth-order valence-corrected chi connectivity index (χ4v) is 5.29. The van der Waals surface area contributed by atoms with Gasteiger partial charge in [-0.2, -0.15) is 0 Å². The first-order chi connectivity index (χ1) is 13.1. The average Bonchev–Trinajstić information content (AvgIpc) is 3.26. The number of hydrogen-bond donors (Lipinski definition) is 1. The molecule has 4 atom stereocenters. The molecule has 160 valence electrons. The van der Waals surface area contributed by atoms with Crippen molar-refractivity contribution in [1.29, 1.82) is 0 Å². The summed E-state index contributed by atoms with van der Waals surface area (Å²) in [7, 11) is 0. The molecule has 0 saturated carbocycles. The third-order valence-corrected chi connectivity index (χ3v) is 6.25. The molecule has 3 fully saturated rings. The van der Waals surface area contributed by atoms with Crippen LogP contribution in [0.3, 0.4) is 0 Å². The minimum Gasteiger partial charge on any atom is -0.376 e. The number of rotatable bonds is 6. The Morgan fingerprint density at radius 3 is 2.43 bits per heavy atom. The number of amides is 2. The van der Waals surface area contributed by atoms with Crippen LogP contribution < -0.4 is 5.32 Å². The van der Waals surface area contributed by atoms with Crippen molar-refractivity contribution in [1.82, 2.24) is 15.1 Å². The zero-order valence-corrected chi connectivity index (χ0v) is 18.4. The van der Waals surface area contributed by atoms with Crippen molar-refractivity contribution in [2.45, 2.75) is 78.5 Å². The fourth-order valence-electron chi connectivity index (χ4n) is 5.29. The molecule has 3 rings (SSSR count). The van der Waals surface area contributed by atoms with E-state index in [9.17, 15) is 9.59 Å². The molecule has 0 aromatic rings. The van der Waals surface area contributed by atoms with Crippen LogP contribution in [0.2, 0.25) is 0 Å². The highest BCUT2D eigenvalue weighted by Crippen LogP contribution is 2.42. The number of nitrogens with zero attached hydrogens (tertiary/aromatic N) is 2. The fraction of sp³-hybridized carbons (Fsp3) is 0.909. The molecular formula is C22H39N3O3. The van der Waals surface area contributed by atoms with Crippen LogP contribution >= 0.6 is 0 Å². The molecular weight excluding hydrogens is 354 g/mol. The Bertz CT molecular complexity index is 566. The molecule has 1 N–H and O–H groups in total. The second-order valence-corrected chi connectivity index (χ2v) is 10.5. The van der Waals surface area contributed by atoms with Gasteiger partial charge in [0.1, 0.15) is 0 Å². The van der Waals surface area contributed by atoms with Gasteiger partial charge in [0.25, 0.3) is 0 Å². The molecule has 0 unspecified atom stereocenters. The topological polar surface area (TPSA) is 61.9 Å². The van der Waals surface area contributed by atoms with E-state index in [-0.39, 0.29) is 41.2 Å². The summed E-state index contributed by atoms with van der Waals surface area (Å²) in [5.41, 5.74) is 0.198. The summed E-state index contributed by atoms with van der Waals surface area (Å²) < 4.78 is 6.17. The monoisotopic (exact) mass is 393 g/mol. The van der Waals surface area contributed by atoms with E-state index in [1.807, 2.05) is 18.7 Å². The Morgan fingerprint density at radius 2 is 1.82 bits per heavy atom. The number of likely N-dealkylation sites (tertiary alicyclic amines) is 2. The summed E-state index contributed by atoms with van der Waals surface area (Å²) in [6.45, 7) is 15.1. The maximum atomic E-state index is 12.7. The van der Waals surface area contributed by atoms with E-state index in [1.165, 1.54) is 0 Å². The SMILES string of the molecule is CC(C)NC(=O)C[C@@H]1CN(CC(C)(C)C)[C@@H]2CO[C@@H](CC(=O)N3CCCC3)[C@H]12. The molecule has 0 spiro atoms. The van der Waals surface area contributed by atoms with Crippen molar-refractivity contribution in [3.8, 4) is 0 Å². The van der Waals surface area contributed by atoms with Crippen LogP contribution in [0.5, 0.6) is 0 Å². The first-order valence-electron chi connectivity index (χ1n) is 11.1. The van der Waals surface area contributed by atoms with E-state index in [1.54, 1.807) is 0 Å². The predicted octanol–water partition coefficient (Wildman–Crippen LogP) is 2.28. The molecule has 2 amide bonds. The molecule has 3 saturated heterocycles. The third-order valence-electron chi connectivity index (χ3n) is 6.25. The zero-order chi connectivity index (χ0) is 20.5. The summed E-state index contributed by atoms with van der Waals surface area (Å²) in [6, 6.07) is 0.482. The molecule has 0 aliphatic carbocycles. The first-order valence-corrected chi connectivity index (χ1v) is 11.1. The van der Waals surface area contributed by atoms with Crippen LogP contribution in [0.1, 0.15) is 60.3 Å². The van der Waals surface area contributed by atoms with Crippen molar-refractivity contribution >= 4 is 11.8 Å². The van der Waals surface area contributed by atoms with E-state index < -0.39 is 0 Å². The second-order valence-electron chi connectivity index (χ2n) is 10.5. The third kappa shape index (κ3) is 5.26. The van der Waals surface area contributed by atoms with Gasteiger partial charge in [-0.05, 0) is 38.0 Å². The van der Waals surface area contributed by atoms with Crippen molar-refractivity contribution < 1.29 is 14.3 Å². The van der Waals surface area contributed by atoms with Gasteiger partial charge in [0.05, 0.1) is 19.1 Å². The Kier molecular flexibility index (Phi) is 6.70. The molecule has 28 heavy (non-hydrogen) atoms. The predicted molar refractivity (Wildman–Crippen MR) is 110 cm³/mol. The Hall–Kier alpha value is -1.14. The van der Waals surface area contributed by atoms with Gasteiger partial charge in [0.2, 0.25) is 11.8 Å². The lowest BCUT2D eigenvalue weighted by molar-refractivity contribution is -0.133. The maximum absolute atomic E-state index is 12.7. The number of carbonyl (C=O) groups excluding carboxylic acids is 2. The molecule has 0 radical (unpaired) electrons. The van der Waals surface area contributed by atoms with E-state index in [4.69, 9.17) is 4.74 Å². The lowest BCUT2D eigenvalue weighted by Crippen LogP contribution is -2.39. The smallest absolute Gasteiger partial charge is 0.225 e. The van der Waals surface area contributed by atoms with Gasteiger partial charge in [0.15, 0.2) is 0 Å². The molecule has 6 heteroatoms. The Morgan fingerprint density at radius 1 is 1.14 bits per heavy atom. The molecule has 0 aromatic carbocycles. The summed E-state index contributed by atoms with van der Waals surface area (Å²) in [4.78, 5) is 29.7. The maximum Gasteiger partial charge on any atom is 0.225 e. The Balaban J connectivity index is 1.70. The normalized spacial score (nSPS) is 30.9. The summed E-state index contributed by atoms with van der Waals surface area (Å²) in [6.07, 6.45) is 3.16. The standard InChI is InChI=1S/C22H39N3O3/c1-15(2)23-19(26)10-16-12-25(14-22(3,4)5)17-13-28-18(21(16)17)11-20(27)24-8-6-7-9-24/h15-18,21H,6-14H2,1-5H3,(H,23,26)/t16-,17-,18+,21-/m1/s1. The highest BCUT2D eigenvalue weighted by molar-refractivity contribution is 5.77. The largest absolute Gasteiger partial charge is 0.376 e. The summed E-state index contributed by atoms with van der Waals surface area (Å²) >= 11 is 0. The molecule has 3 heterocycles. The van der Waals surface area contributed by atoms with E-state index in [0.29, 0.717) is 25.5 Å². The van der Waals surface area contributed by atoms with E-state index >= 15 is 0 Å². The van der Waals surface area contributed by atoms with Crippen LogP contribution in [0.15, 0.2) is 0 Å². The van der Waals surface area contributed by atoms with Crippen LogP contribution in [0, 0.1) is 17.3 Å². The van der Waals surface area contributed by atoms with Crippen molar-refractivity contribution in [3.63, 3.8) is 0 Å². The van der Waals surface area contributed by atoms with Crippen molar-refractivity contribution in [2.24, 2.45) is 17.3 Å². The molecule has 6 nitrogen and oxygen atoms in total. The van der Waals surface area contributed by atoms with Gasteiger partial charge in [-0.1, -0.05) is 20.8 Å². The summed E-state index contributed by atoms with van der Waals surface area (Å²) in [5, 5.41) is 3.04. The molecule has 3 aliphatic heterocycles. The van der Waals surface area contributed by atoms with Crippen molar-refractivity contribution in [2.75, 3.05) is 32.8 Å². The first kappa shape index (κ1) is 21.6.